The fourth-order valence-corrected chi connectivity index (χ4v) is 2.90. The average molecular weight is 229 g/mol. The first-order valence-corrected chi connectivity index (χ1v) is 6.30. The van der Waals surface area contributed by atoms with E-state index in [-0.39, 0.29) is 0 Å². The van der Waals surface area contributed by atoms with Crippen molar-refractivity contribution >= 4 is 5.69 Å². The van der Waals surface area contributed by atoms with Crippen molar-refractivity contribution in [3.8, 4) is 6.07 Å². The standard InChI is InChI=1S/C14H19N3/c1-10-6-11(2)8-12(7-10)17-13-4-3-5-16-14(13)9-15/h3-5,10-12,17H,6-8H2,1-2H3. The SMILES string of the molecule is CC1CC(C)CC(Nc2cccnc2C#N)C1. The highest BCUT2D eigenvalue weighted by molar-refractivity contribution is 5.53. The van der Waals surface area contributed by atoms with E-state index in [4.69, 9.17) is 5.26 Å². The van der Waals surface area contributed by atoms with Gasteiger partial charge in [0.2, 0.25) is 0 Å². The molecule has 0 bridgehead atoms. The number of nitrogens with zero attached hydrogens (tertiary/aromatic N) is 2. The first-order valence-electron chi connectivity index (χ1n) is 6.30. The second kappa shape index (κ2) is 5.18. The van der Waals surface area contributed by atoms with Gasteiger partial charge >= 0.3 is 0 Å². The highest BCUT2D eigenvalue weighted by Gasteiger charge is 2.24. The number of hydrogen-bond acceptors (Lipinski definition) is 3. The van der Waals surface area contributed by atoms with Gasteiger partial charge in [-0.3, -0.25) is 0 Å². The quantitative estimate of drug-likeness (QED) is 0.847. The van der Waals surface area contributed by atoms with E-state index in [9.17, 15) is 0 Å². The van der Waals surface area contributed by atoms with Crippen molar-refractivity contribution in [2.45, 2.75) is 39.2 Å². The van der Waals surface area contributed by atoms with Crippen LogP contribution >= 0.6 is 0 Å². The summed E-state index contributed by atoms with van der Waals surface area (Å²) in [5, 5.41) is 12.5. The molecule has 1 fully saturated rings. The van der Waals surface area contributed by atoms with E-state index in [1.807, 2.05) is 12.1 Å². The minimum Gasteiger partial charge on any atom is -0.380 e. The molecule has 90 valence electrons. The number of aromatic nitrogens is 1. The normalized spacial score (nSPS) is 28.4. The molecule has 0 spiro atoms. The molecule has 1 aromatic heterocycles. The maximum atomic E-state index is 9.00. The summed E-state index contributed by atoms with van der Waals surface area (Å²) in [6.07, 6.45) is 5.35. The first kappa shape index (κ1) is 11.9. The van der Waals surface area contributed by atoms with Crippen LogP contribution < -0.4 is 5.32 Å². The topological polar surface area (TPSA) is 48.7 Å². The summed E-state index contributed by atoms with van der Waals surface area (Å²) in [5.41, 5.74) is 1.37. The van der Waals surface area contributed by atoms with Gasteiger partial charge in [0.1, 0.15) is 6.07 Å². The summed E-state index contributed by atoms with van der Waals surface area (Å²) in [6, 6.07) is 6.42. The summed E-state index contributed by atoms with van der Waals surface area (Å²) >= 11 is 0. The molecule has 0 amide bonds. The molecule has 0 aromatic carbocycles. The van der Waals surface area contributed by atoms with Crippen molar-refractivity contribution in [1.29, 1.82) is 5.26 Å². The molecule has 3 nitrogen and oxygen atoms in total. The van der Waals surface area contributed by atoms with Crippen LogP contribution in [0.3, 0.4) is 0 Å². The van der Waals surface area contributed by atoms with Crippen LogP contribution in [0.15, 0.2) is 18.3 Å². The van der Waals surface area contributed by atoms with Crippen LogP contribution in [-0.4, -0.2) is 11.0 Å². The van der Waals surface area contributed by atoms with Gasteiger partial charge in [0.25, 0.3) is 0 Å². The van der Waals surface area contributed by atoms with E-state index in [0.717, 1.165) is 17.5 Å². The fourth-order valence-electron chi connectivity index (χ4n) is 2.90. The molecule has 2 rings (SSSR count). The number of rotatable bonds is 2. The highest BCUT2D eigenvalue weighted by Crippen LogP contribution is 2.30. The maximum Gasteiger partial charge on any atom is 0.163 e. The van der Waals surface area contributed by atoms with Crippen LogP contribution in [0, 0.1) is 23.2 Å². The van der Waals surface area contributed by atoms with Crippen molar-refractivity contribution in [1.82, 2.24) is 4.98 Å². The Morgan fingerprint density at radius 2 is 2.00 bits per heavy atom. The summed E-state index contributed by atoms with van der Waals surface area (Å²) < 4.78 is 0. The minimum absolute atomic E-state index is 0.477. The van der Waals surface area contributed by atoms with E-state index >= 15 is 0 Å². The van der Waals surface area contributed by atoms with Crippen molar-refractivity contribution in [3.63, 3.8) is 0 Å². The van der Waals surface area contributed by atoms with Crippen molar-refractivity contribution in [3.05, 3.63) is 24.0 Å². The Hall–Kier alpha value is -1.56. The summed E-state index contributed by atoms with van der Waals surface area (Å²) in [6.45, 7) is 4.61. The summed E-state index contributed by atoms with van der Waals surface area (Å²) in [5.74, 6) is 1.52. The Morgan fingerprint density at radius 1 is 1.29 bits per heavy atom. The van der Waals surface area contributed by atoms with E-state index < -0.39 is 0 Å². The van der Waals surface area contributed by atoms with Gasteiger partial charge in [-0.15, -0.1) is 0 Å². The lowest BCUT2D eigenvalue weighted by Crippen LogP contribution is -2.30. The third-order valence-corrected chi connectivity index (χ3v) is 3.45. The van der Waals surface area contributed by atoms with Crippen LogP contribution in [0.5, 0.6) is 0 Å². The van der Waals surface area contributed by atoms with Gasteiger partial charge in [-0.25, -0.2) is 4.98 Å². The third-order valence-electron chi connectivity index (χ3n) is 3.45. The Kier molecular flexibility index (Phi) is 3.63. The van der Waals surface area contributed by atoms with E-state index in [1.165, 1.54) is 19.3 Å². The van der Waals surface area contributed by atoms with Crippen LogP contribution in [-0.2, 0) is 0 Å². The second-order valence-electron chi connectivity index (χ2n) is 5.27. The zero-order valence-corrected chi connectivity index (χ0v) is 10.5. The Morgan fingerprint density at radius 3 is 2.65 bits per heavy atom. The highest BCUT2D eigenvalue weighted by atomic mass is 14.9. The molecule has 1 aromatic rings. The average Bonchev–Trinajstić information content (AvgIpc) is 2.28. The van der Waals surface area contributed by atoms with Crippen molar-refractivity contribution < 1.29 is 0 Å². The van der Waals surface area contributed by atoms with E-state index in [2.05, 4.69) is 30.2 Å². The predicted molar refractivity (Wildman–Crippen MR) is 68.5 cm³/mol. The van der Waals surface area contributed by atoms with Crippen LogP contribution in [0.1, 0.15) is 38.8 Å². The molecular weight excluding hydrogens is 210 g/mol. The number of nitrogens with one attached hydrogen (secondary N) is 1. The van der Waals surface area contributed by atoms with Crippen LogP contribution in [0.25, 0.3) is 0 Å². The third kappa shape index (κ3) is 2.97. The lowest BCUT2D eigenvalue weighted by Gasteiger charge is -2.32. The molecule has 2 unspecified atom stereocenters. The first-order chi connectivity index (χ1) is 8.19. The molecule has 1 saturated carbocycles. The molecule has 17 heavy (non-hydrogen) atoms. The second-order valence-corrected chi connectivity index (χ2v) is 5.27. The monoisotopic (exact) mass is 229 g/mol. The lowest BCUT2D eigenvalue weighted by atomic mass is 9.80. The maximum absolute atomic E-state index is 9.00. The summed E-state index contributed by atoms with van der Waals surface area (Å²) in [7, 11) is 0. The minimum atomic E-state index is 0.477. The van der Waals surface area contributed by atoms with Crippen molar-refractivity contribution in [2.24, 2.45) is 11.8 Å². The molecule has 0 radical (unpaired) electrons. The van der Waals surface area contributed by atoms with Crippen LogP contribution in [0.2, 0.25) is 0 Å². The molecular formula is C14H19N3. The molecule has 0 saturated heterocycles. The molecule has 1 aliphatic rings. The van der Waals surface area contributed by atoms with Gasteiger partial charge in [-0.2, -0.15) is 5.26 Å². The van der Waals surface area contributed by atoms with Gasteiger partial charge in [-0.1, -0.05) is 13.8 Å². The molecule has 1 aliphatic carbocycles. The Balaban J connectivity index is 2.08. The molecule has 1 N–H and O–H groups in total. The number of pyridine rings is 1. The molecule has 2 atom stereocenters. The van der Waals surface area contributed by atoms with Gasteiger partial charge in [-0.05, 0) is 43.2 Å². The van der Waals surface area contributed by atoms with E-state index in [1.54, 1.807) is 6.20 Å². The predicted octanol–water partition coefficient (Wildman–Crippen LogP) is 3.19. The Bertz CT molecular complexity index is 412. The summed E-state index contributed by atoms with van der Waals surface area (Å²) in [4.78, 5) is 4.08. The smallest absolute Gasteiger partial charge is 0.163 e. The van der Waals surface area contributed by atoms with Gasteiger partial charge in [0.05, 0.1) is 5.69 Å². The van der Waals surface area contributed by atoms with E-state index in [0.29, 0.717) is 11.7 Å². The van der Waals surface area contributed by atoms with Crippen LogP contribution in [0.4, 0.5) is 5.69 Å². The molecule has 0 aliphatic heterocycles. The lowest BCUT2D eigenvalue weighted by molar-refractivity contribution is 0.281. The molecule has 1 heterocycles. The van der Waals surface area contributed by atoms with Gasteiger partial charge in [0.15, 0.2) is 5.69 Å². The number of hydrogen-bond donors (Lipinski definition) is 1. The molecule has 3 heteroatoms. The number of nitriles is 1. The fraction of sp³-hybridized carbons (Fsp3) is 0.571. The van der Waals surface area contributed by atoms with Crippen molar-refractivity contribution in [2.75, 3.05) is 5.32 Å². The zero-order valence-electron chi connectivity index (χ0n) is 10.5. The van der Waals surface area contributed by atoms with Gasteiger partial charge < -0.3 is 5.32 Å². The zero-order chi connectivity index (χ0) is 12.3. The van der Waals surface area contributed by atoms with Gasteiger partial charge in [0, 0.05) is 12.2 Å². The number of anilines is 1. The Labute approximate surface area is 103 Å². The largest absolute Gasteiger partial charge is 0.380 e.